The molecule has 0 amide bonds. The van der Waals surface area contributed by atoms with Gasteiger partial charge in [-0.25, -0.2) is 0 Å². The molecule has 5 aliphatic rings. The molecular weight excluding hydrogens is 352 g/mol. The zero-order chi connectivity index (χ0) is 20.7. The Morgan fingerprint density at radius 2 is 1.62 bits per heavy atom. The Kier molecular flexibility index (Phi) is 4.83. The molecule has 29 heavy (non-hydrogen) atoms. The molecule has 0 unspecified atom stereocenters. The minimum atomic E-state index is 0.00631. The normalized spacial score (nSPS) is 54.3. The van der Waals surface area contributed by atoms with E-state index in [4.69, 9.17) is 0 Å². The third-order valence-corrected chi connectivity index (χ3v) is 12.3. The van der Waals surface area contributed by atoms with Crippen LogP contribution in [0.3, 0.4) is 0 Å². The van der Waals surface area contributed by atoms with Gasteiger partial charge in [0, 0.05) is 0 Å². The zero-order valence-corrected chi connectivity index (χ0v) is 20.1. The van der Waals surface area contributed by atoms with Gasteiger partial charge in [-0.1, -0.05) is 53.9 Å². The van der Waals surface area contributed by atoms with Crippen LogP contribution in [0.25, 0.3) is 0 Å². The SMILES string of the molecule is CC(C)CCC[C@H](C)[C@@H]1CC[C@@]2(C)[C@@H]3CC[C@H]4C[C@@H](O)CC[C@@]45C[C@@]35CC[C@]12C. The Morgan fingerprint density at radius 3 is 2.38 bits per heavy atom. The van der Waals surface area contributed by atoms with Crippen molar-refractivity contribution in [1.29, 1.82) is 0 Å². The van der Waals surface area contributed by atoms with E-state index in [0.717, 1.165) is 42.4 Å². The third kappa shape index (κ3) is 2.67. The summed E-state index contributed by atoms with van der Waals surface area (Å²) in [6, 6.07) is 0. The van der Waals surface area contributed by atoms with Crippen molar-refractivity contribution in [2.45, 2.75) is 124 Å². The Hall–Kier alpha value is -0.0400. The highest BCUT2D eigenvalue weighted by Gasteiger charge is 2.80. The predicted molar refractivity (Wildman–Crippen MR) is 122 cm³/mol. The van der Waals surface area contributed by atoms with E-state index in [9.17, 15) is 5.11 Å². The van der Waals surface area contributed by atoms with Gasteiger partial charge in [-0.15, -0.1) is 0 Å². The molecule has 5 aliphatic carbocycles. The van der Waals surface area contributed by atoms with E-state index in [1.54, 1.807) is 0 Å². The molecule has 9 atom stereocenters. The summed E-state index contributed by atoms with van der Waals surface area (Å²) >= 11 is 0. The third-order valence-electron chi connectivity index (χ3n) is 12.3. The number of aliphatic hydroxyl groups is 1. The molecule has 2 spiro atoms. The van der Waals surface area contributed by atoms with Crippen LogP contribution in [0.5, 0.6) is 0 Å². The first-order chi connectivity index (χ1) is 13.7. The highest BCUT2D eigenvalue weighted by molar-refractivity contribution is 5.29. The second-order valence-electron chi connectivity index (χ2n) is 13.5. The fourth-order valence-electron chi connectivity index (χ4n) is 10.6. The number of aliphatic hydroxyl groups excluding tert-OH is 1. The number of hydrogen-bond acceptors (Lipinski definition) is 1. The molecule has 0 radical (unpaired) electrons. The second-order valence-corrected chi connectivity index (χ2v) is 13.5. The minimum Gasteiger partial charge on any atom is -0.393 e. The lowest BCUT2D eigenvalue weighted by molar-refractivity contribution is -0.133. The first-order valence-corrected chi connectivity index (χ1v) is 13.4. The van der Waals surface area contributed by atoms with Gasteiger partial charge in [0.1, 0.15) is 0 Å². The maximum atomic E-state index is 10.3. The number of hydrogen-bond donors (Lipinski definition) is 1. The van der Waals surface area contributed by atoms with Gasteiger partial charge in [0.2, 0.25) is 0 Å². The molecule has 0 aromatic carbocycles. The topological polar surface area (TPSA) is 20.2 Å². The monoisotopic (exact) mass is 400 g/mol. The van der Waals surface area contributed by atoms with Gasteiger partial charge in [0.05, 0.1) is 6.10 Å². The summed E-state index contributed by atoms with van der Waals surface area (Å²) in [5, 5.41) is 10.3. The highest BCUT2D eigenvalue weighted by Crippen LogP contribution is 2.87. The number of rotatable bonds is 5. The van der Waals surface area contributed by atoms with Crippen LogP contribution in [0.15, 0.2) is 0 Å². The first kappa shape index (κ1) is 20.8. The summed E-state index contributed by atoms with van der Waals surface area (Å²) in [4.78, 5) is 0. The second kappa shape index (κ2) is 6.73. The Bertz CT molecular complexity index is 640. The summed E-state index contributed by atoms with van der Waals surface area (Å²) in [6.45, 7) is 12.9. The van der Waals surface area contributed by atoms with Crippen molar-refractivity contribution in [3.05, 3.63) is 0 Å². The van der Waals surface area contributed by atoms with Gasteiger partial charge in [0.15, 0.2) is 0 Å². The van der Waals surface area contributed by atoms with Crippen molar-refractivity contribution in [2.24, 2.45) is 51.2 Å². The lowest BCUT2D eigenvalue weighted by Crippen LogP contribution is -2.55. The van der Waals surface area contributed by atoms with Gasteiger partial charge >= 0.3 is 0 Å². The van der Waals surface area contributed by atoms with Crippen LogP contribution < -0.4 is 0 Å². The van der Waals surface area contributed by atoms with Crippen molar-refractivity contribution >= 4 is 0 Å². The van der Waals surface area contributed by atoms with Crippen LogP contribution >= 0.6 is 0 Å². The molecule has 0 bridgehead atoms. The highest BCUT2D eigenvalue weighted by atomic mass is 16.3. The number of fused-ring (bicyclic) bond motifs is 2. The van der Waals surface area contributed by atoms with Crippen LogP contribution in [0.1, 0.15) is 118 Å². The van der Waals surface area contributed by atoms with Crippen molar-refractivity contribution in [1.82, 2.24) is 0 Å². The van der Waals surface area contributed by atoms with Crippen LogP contribution in [-0.4, -0.2) is 11.2 Å². The summed E-state index contributed by atoms with van der Waals surface area (Å²) < 4.78 is 0. The van der Waals surface area contributed by atoms with Gasteiger partial charge in [-0.2, -0.15) is 0 Å². The van der Waals surface area contributed by atoms with E-state index in [0.29, 0.717) is 21.7 Å². The lowest BCUT2D eigenvalue weighted by Gasteiger charge is -2.61. The van der Waals surface area contributed by atoms with Crippen LogP contribution in [-0.2, 0) is 0 Å². The van der Waals surface area contributed by atoms with Gasteiger partial charge in [-0.3, -0.25) is 0 Å². The average molecular weight is 401 g/mol. The molecular formula is C28H48O. The zero-order valence-electron chi connectivity index (χ0n) is 20.1. The quantitative estimate of drug-likeness (QED) is 0.503. The molecule has 1 heteroatoms. The van der Waals surface area contributed by atoms with Gasteiger partial charge in [-0.05, 0) is 115 Å². The van der Waals surface area contributed by atoms with Crippen molar-refractivity contribution in [3.8, 4) is 0 Å². The van der Waals surface area contributed by atoms with Crippen LogP contribution in [0.2, 0.25) is 0 Å². The molecule has 0 aliphatic heterocycles. The maximum absolute atomic E-state index is 10.3. The molecule has 5 saturated carbocycles. The summed E-state index contributed by atoms with van der Waals surface area (Å²) in [7, 11) is 0. The first-order valence-electron chi connectivity index (χ1n) is 13.4. The molecule has 166 valence electrons. The van der Waals surface area contributed by atoms with Gasteiger partial charge < -0.3 is 5.11 Å². The summed E-state index contributed by atoms with van der Waals surface area (Å²) in [5.41, 5.74) is 2.48. The van der Waals surface area contributed by atoms with E-state index >= 15 is 0 Å². The predicted octanol–water partition coefficient (Wildman–Crippen LogP) is 7.61. The Balaban J connectivity index is 1.36. The lowest BCUT2D eigenvalue weighted by atomic mass is 9.43. The van der Waals surface area contributed by atoms with Crippen molar-refractivity contribution in [3.63, 3.8) is 0 Å². The molecule has 5 rings (SSSR count). The Labute approximate surface area is 180 Å². The Morgan fingerprint density at radius 1 is 0.828 bits per heavy atom. The smallest absolute Gasteiger partial charge is 0.0543 e. The molecule has 0 aromatic heterocycles. The van der Waals surface area contributed by atoms with Crippen molar-refractivity contribution < 1.29 is 5.11 Å². The summed E-state index contributed by atoms with van der Waals surface area (Å²) in [5.74, 6) is 4.55. The molecule has 5 fully saturated rings. The molecule has 0 heterocycles. The van der Waals surface area contributed by atoms with Crippen LogP contribution in [0.4, 0.5) is 0 Å². The van der Waals surface area contributed by atoms with E-state index < -0.39 is 0 Å². The minimum absolute atomic E-state index is 0.00631. The molecule has 1 N–H and O–H groups in total. The van der Waals surface area contributed by atoms with E-state index in [1.807, 2.05) is 0 Å². The molecule has 0 saturated heterocycles. The largest absolute Gasteiger partial charge is 0.393 e. The van der Waals surface area contributed by atoms with E-state index in [2.05, 4.69) is 34.6 Å². The maximum Gasteiger partial charge on any atom is 0.0543 e. The fourth-order valence-corrected chi connectivity index (χ4v) is 10.6. The van der Waals surface area contributed by atoms with Crippen molar-refractivity contribution in [2.75, 3.05) is 0 Å². The molecule has 0 aromatic rings. The van der Waals surface area contributed by atoms with Crippen LogP contribution in [0, 0.1) is 51.2 Å². The average Bonchev–Trinajstić information content (AvgIpc) is 3.24. The summed E-state index contributed by atoms with van der Waals surface area (Å²) in [6.07, 6.45) is 18.3. The van der Waals surface area contributed by atoms with E-state index in [-0.39, 0.29) is 6.10 Å². The standard InChI is InChI=1S/C28H48O/c1-19(2)7-6-8-20(3)23-12-13-26(5)24-10-9-21-17-22(29)11-14-27(21)18-28(24,27)16-15-25(23,26)4/h19-24,29H,6-18H2,1-5H3/t20-,21-,22-,23-,24-,25+,26-,27+,28-/m0/s1. The van der Waals surface area contributed by atoms with E-state index in [1.165, 1.54) is 70.6 Å². The molecule has 1 nitrogen and oxygen atoms in total. The fraction of sp³-hybridized carbons (Fsp3) is 1.00. The van der Waals surface area contributed by atoms with Gasteiger partial charge in [0.25, 0.3) is 0 Å².